The van der Waals surface area contributed by atoms with E-state index in [1.165, 1.54) is 0 Å². The zero-order valence-electron chi connectivity index (χ0n) is 50.6. The van der Waals surface area contributed by atoms with Crippen molar-refractivity contribution >= 4 is 87.2 Å². The van der Waals surface area contributed by atoms with Crippen molar-refractivity contribution < 1.29 is 0 Å². The Bertz CT molecular complexity index is 6080. The van der Waals surface area contributed by atoms with Gasteiger partial charge in [-0.05, 0) is 137 Å². The third-order valence-electron chi connectivity index (χ3n) is 19.0. The van der Waals surface area contributed by atoms with Crippen molar-refractivity contribution in [1.29, 1.82) is 5.26 Å². The first-order valence-electron chi connectivity index (χ1n) is 31.4. The number of aromatic nitrogens is 5. The second-order valence-corrected chi connectivity index (χ2v) is 24.1. The second kappa shape index (κ2) is 20.9. The summed E-state index contributed by atoms with van der Waals surface area (Å²) in [6, 6.07) is 113. The van der Waals surface area contributed by atoms with Gasteiger partial charge in [-0.25, -0.2) is 0 Å². The lowest BCUT2D eigenvalue weighted by Crippen LogP contribution is -2.17. The van der Waals surface area contributed by atoms with Crippen molar-refractivity contribution in [2.45, 2.75) is 13.8 Å². The Hall–Kier alpha value is -12.3. The highest BCUT2D eigenvalue weighted by Gasteiger charge is 2.36. The van der Waals surface area contributed by atoms with E-state index < -0.39 is 0 Å². The number of fused-ring (bicyclic) bond motifs is 12. The highest BCUT2D eigenvalue weighted by molar-refractivity contribution is 6.18. The molecular weight excluding hydrogens is 1120 g/mol. The molecule has 430 valence electrons. The maximum Gasteiger partial charge on any atom is 0.104 e. The van der Waals surface area contributed by atoms with Crippen molar-refractivity contribution in [3.8, 4) is 84.5 Å². The minimum atomic E-state index is 0.502. The van der Waals surface area contributed by atoms with Crippen LogP contribution >= 0.6 is 0 Å². The van der Waals surface area contributed by atoms with Crippen LogP contribution in [-0.4, -0.2) is 23.3 Å². The van der Waals surface area contributed by atoms with Crippen LogP contribution in [0.25, 0.3) is 166 Å². The number of aryl methyl sites for hydroxylation is 2. The number of nitrogens with zero attached hydrogens (tertiary/aromatic N) is 6. The van der Waals surface area contributed by atoms with Gasteiger partial charge in [-0.2, -0.15) is 5.26 Å². The molecule has 0 fully saturated rings. The molecule has 0 aliphatic carbocycles. The van der Waals surface area contributed by atoms with E-state index >= 15 is 0 Å². The molecule has 6 heteroatoms. The lowest BCUT2D eigenvalue weighted by atomic mass is 9.92. The first-order valence-corrected chi connectivity index (χ1v) is 31.4. The van der Waals surface area contributed by atoms with Gasteiger partial charge < -0.3 is 18.3 Å². The predicted octanol–water partition coefficient (Wildman–Crippen LogP) is 22.3. The molecule has 0 atom stereocenters. The number of benzene rings is 13. The molecule has 0 aliphatic heterocycles. The number of nitriles is 1. The lowest BCUT2D eigenvalue weighted by molar-refractivity contribution is 1.03. The molecule has 13 aromatic carbocycles. The first kappa shape index (κ1) is 52.8. The Labute approximate surface area is 531 Å². The highest BCUT2D eigenvalue weighted by atomic mass is 15.1. The number of rotatable bonds is 9. The molecule has 6 nitrogen and oxygen atoms in total. The molecule has 0 spiro atoms. The maximum atomic E-state index is 13.3. The summed E-state index contributed by atoms with van der Waals surface area (Å²) < 4.78 is 9.85. The zero-order valence-corrected chi connectivity index (χ0v) is 50.6. The van der Waals surface area contributed by atoms with Crippen molar-refractivity contribution in [3.63, 3.8) is 0 Å². The van der Waals surface area contributed by atoms with Gasteiger partial charge in [0.05, 0.1) is 66.9 Å². The normalized spacial score (nSPS) is 11.8. The SMILES string of the molecule is Cc1ccc(-c2c(-n3c4ccccc4c4cc(-c5ccccc5)ccc43)c(C#N)c(-n3c4ccccc4c4cc(-c5ccccc5)ccc43)c(-n3c4ccccc4c4cc(-c5ccccc5)ccc43)c2-n2c3ccccc3c3cc(-c4ccccc4)ccc32)c(C)n1. The van der Waals surface area contributed by atoms with E-state index in [9.17, 15) is 5.26 Å². The van der Waals surface area contributed by atoms with Crippen molar-refractivity contribution in [2.24, 2.45) is 0 Å². The monoisotopic (exact) mass is 1170 g/mol. The summed E-state index contributed by atoms with van der Waals surface area (Å²) in [5, 5.41) is 22.0. The van der Waals surface area contributed by atoms with Crippen molar-refractivity contribution in [2.75, 3.05) is 0 Å². The van der Waals surface area contributed by atoms with Gasteiger partial charge in [-0.3, -0.25) is 4.98 Å². The number of para-hydroxylation sites is 4. The number of hydrogen-bond donors (Lipinski definition) is 0. The van der Waals surface area contributed by atoms with Crippen LogP contribution in [0.4, 0.5) is 0 Å². The molecule has 0 saturated heterocycles. The summed E-state index contributed by atoms with van der Waals surface area (Å²) in [4.78, 5) is 5.39. The average Bonchev–Trinajstić information content (AvgIpc) is 1.48. The highest BCUT2D eigenvalue weighted by Crippen LogP contribution is 2.53. The molecule has 0 saturated carbocycles. The molecule has 5 heterocycles. The quantitative estimate of drug-likeness (QED) is 0.145. The number of hydrogen-bond acceptors (Lipinski definition) is 2. The molecule has 18 aromatic rings. The van der Waals surface area contributed by atoms with Crippen LogP contribution < -0.4 is 0 Å². The number of pyridine rings is 1. The van der Waals surface area contributed by atoms with Crippen molar-refractivity contribution in [1.82, 2.24) is 23.3 Å². The largest absolute Gasteiger partial charge is 0.307 e. The van der Waals surface area contributed by atoms with Crippen LogP contribution in [0, 0.1) is 25.2 Å². The first-order chi connectivity index (χ1) is 45.5. The fourth-order valence-electron chi connectivity index (χ4n) is 15.0. The van der Waals surface area contributed by atoms with E-state index in [1.54, 1.807) is 0 Å². The van der Waals surface area contributed by atoms with Gasteiger partial charge >= 0.3 is 0 Å². The van der Waals surface area contributed by atoms with Crippen molar-refractivity contribution in [3.05, 3.63) is 320 Å². The van der Waals surface area contributed by atoms with Gasteiger partial charge in [-0.15, -0.1) is 0 Å². The smallest absolute Gasteiger partial charge is 0.104 e. The van der Waals surface area contributed by atoms with Crippen LogP contribution in [0.5, 0.6) is 0 Å². The minimum absolute atomic E-state index is 0.502. The Balaban J connectivity index is 1.13. The second-order valence-electron chi connectivity index (χ2n) is 24.1. The molecule has 0 amide bonds. The molecule has 0 N–H and O–H groups in total. The summed E-state index contributed by atoms with van der Waals surface area (Å²) in [5.41, 5.74) is 24.2. The summed E-state index contributed by atoms with van der Waals surface area (Å²) in [6.07, 6.45) is 0. The zero-order chi connectivity index (χ0) is 61.1. The topological polar surface area (TPSA) is 56.4 Å². The minimum Gasteiger partial charge on any atom is -0.307 e. The van der Waals surface area contributed by atoms with Crippen LogP contribution in [-0.2, 0) is 0 Å². The Morgan fingerprint density at radius 2 is 0.554 bits per heavy atom. The molecule has 0 radical (unpaired) electrons. The summed E-state index contributed by atoms with van der Waals surface area (Å²) in [5.74, 6) is 0. The predicted molar refractivity (Wildman–Crippen MR) is 383 cm³/mol. The average molecular weight is 1170 g/mol. The molecule has 0 unspecified atom stereocenters. The third-order valence-corrected chi connectivity index (χ3v) is 19.0. The van der Waals surface area contributed by atoms with Gasteiger partial charge in [0.1, 0.15) is 11.6 Å². The lowest BCUT2D eigenvalue weighted by Gasteiger charge is -2.29. The molecule has 0 aliphatic rings. The summed E-state index contributed by atoms with van der Waals surface area (Å²) in [6.45, 7) is 4.20. The van der Waals surface area contributed by atoms with Crippen LogP contribution in [0.15, 0.2) is 303 Å². The van der Waals surface area contributed by atoms with Gasteiger partial charge in [-0.1, -0.05) is 224 Å². The van der Waals surface area contributed by atoms with Gasteiger partial charge in [0, 0.05) is 65.6 Å². The standard InChI is InChI=1S/C86H56N6/c1-54-39-44-64(55(2)88-54)82-83(89-74-35-19-15-31-65(74)69-49-60(40-45-78(69)89)56-23-7-3-8-24-56)73(53-87)84(90-75-36-20-16-32-66(75)70-50-61(41-46-79(70)90)57-25-9-4-10-26-57)86(92-77-38-22-18-34-68(77)72-52-63(43-48-81(72)92)59-29-13-6-14-30-59)85(82)91-76-37-21-17-33-67(76)71-51-62(42-47-80(71)91)58-27-11-5-12-28-58/h3-52H,1-2H3. The van der Waals surface area contributed by atoms with Crippen LogP contribution in [0.3, 0.4) is 0 Å². The van der Waals surface area contributed by atoms with Gasteiger partial charge in [0.2, 0.25) is 0 Å². The molecule has 92 heavy (non-hydrogen) atoms. The summed E-state index contributed by atoms with van der Waals surface area (Å²) in [7, 11) is 0. The Morgan fingerprint density at radius 1 is 0.261 bits per heavy atom. The molecular formula is C86H56N6. The Kier molecular flexibility index (Phi) is 12.0. The Morgan fingerprint density at radius 3 is 0.891 bits per heavy atom. The van der Waals surface area contributed by atoms with E-state index in [4.69, 9.17) is 4.98 Å². The maximum absolute atomic E-state index is 13.3. The van der Waals surface area contributed by atoms with E-state index in [0.29, 0.717) is 5.56 Å². The van der Waals surface area contributed by atoms with E-state index in [2.05, 4.69) is 342 Å². The molecule has 0 bridgehead atoms. The van der Waals surface area contributed by atoms with Gasteiger partial charge in [0.15, 0.2) is 0 Å². The fraction of sp³-hybridized carbons (Fsp3) is 0.0233. The van der Waals surface area contributed by atoms with E-state index in [1.807, 2.05) is 0 Å². The third kappa shape index (κ3) is 8.02. The molecule has 5 aromatic heterocycles. The summed E-state index contributed by atoms with van der Waals surface area (Å²) >= 11 is 0. The molecule has 18 rings (SSSR count). The van der Waals surface area contributed by atoms with Gasteiger partial charge in [0.25, 0.3) is 0 Å². The van der Waals surface area contributed by atoms with Crippen LogP contribution in [0.2, 0.25) is 0 Å². The fourth-order valence-corrected chi connectivity index (χ4v) is 15.0. The van der Waals surface area contributed by atoms with E-state index in [-0.39, 0.29) is 0 Å². The van der Waals surface area contributed by atoms with Crippen LogP contribution in [0.1, 0.15) is 17.0 Å². The van der Waals surface area contributed by atoms with E-state index in [0.717, 1.165) is 177 Å².